The van der Waals surface area contributed by atoms with Crippen molar-refractivity contribution in [1.29, 1.82) is 0 Å². The average molecular weight is 228 g/mol. The van der Waals surface area contributed by atoms with Crippen LogP contribution in [0, 0.1) is 5.92 Å². The molecule has 0 aliphatic heterocycles. The van der Waals surface area contributed by atoms with E-state index in [9.17, 15) is 5.11 Å². The van der Waals surface area contributed by atoms with E-state index >= 15 is 0 Å². The van der Waals surface area contributed by atoms with Crippen LogP contribution in [0.25, 0.3) is 0 Å². The first-order chi connectivity index (χ1) is 7.69. The third-order valence-corrected chi connectivity index (χ3v) is 3.73. The molecule has 0 amide bonds. The molecule has 96 valence electrons. The van der Waals surface area contributed by atoms with Crippen LogP contribution in [0.4, 0.5) is 0 Å². The second kappa shape index (κ2) is 7.25. The molecule has 16 heavy (non-hydrogen) atoms. The van der Waals surface area contributed by atoms with Gasteiger partial charge in [0.2, 0.25) is 0 Å². The first-order valence-corrected chi connectivity index (χ1v) is 6.73. The van der Waals surface area contributed by atoms with Crippen molar-refractivity contribution >= 4 is 0 Å². The van der Waals surface area contributed by atoms with E-state index < -0.39 is 0 Å². The first kappa shape index (κ1) is 13.9. The molecule has 0 spiro atoms. The zero-order valence-corrected chi connectivity index (χ0v) is 11.1. The van der Waals surface area contributed by atoms with Crippen molar-refractivity contribution in [2.75, 3.05) is 26.7 Å². The lowest BCUT2D eigenvalue weighted by Crippen LogP contribution is -2.39. The monoisotopic (exact) mass is 228 g/mol. The van der Waals surface area contributed by atoms with Gasteiger partial charge in [-0.2, -0.15) is 0 Å². The summed E-state index contributed by atoms with van der Waals surface area (Å²) in [5.74, 6) is 0.932. The van der Waals surface area contributed by atoms with Crippen LogP contribution in [-0.2, 0) is 0 Å². The van der Waals surface area contributed by atoms with Gasteiger partial charge in [-0.05, 0) is 58.7 Å². The molecule has 3 nitrogen and oxygen atoms in total. The molecule has 1 aliphatic carbocycles. The Morgan fingerprint density at radius 1 is 1.44 bits per heavy atom. The Morgan fingerprint density at radius 3 is 2.62 bits per heavy atom. The summed E-state index contributed by atoms with van der Waals surface area (Å²) in [5, 5.41) is 12.6. The topological polar surface area (TPSA) is 35.5 Å². The van der Waals surface area contributed by atoms with Crippen LogP contribution in [-0.4, -0.2) is 48.8 Å². The molecule has 1 saturated carbocycles. The van der Waals surface area contributed by atoms with Crippen molar-refractivity contribution < 1.29 is 5.11 Å². The summed E-state index contributed by atoms with van der Waals surface area (Å²) in [4.78, 5) is 2.44. The van der Waals surface area contributed by atoms with Gasteiger partial charge in [-0.15, -0.1) is 0 Å². The smallest absolute Gasteiger partial charge is 0.0585 e. The summed E-state index contributed by atoms with van der Waals surface area (Å²) in [7, 11) is 2.21. The van der Waals surface area contributed by atoms with Crippen LogP contribution in [0.5, 0.6) is 0 Å². The zero-order valence-electron chi connectivity index (χ0n) is 11.1. The highest BCUT2D eigenvalue weighted by Gasteiger charge is 2.30. The number of rotatable bonds is 9. The van der Waals surface area contributed by atoms with Gasteiger partial charge >= 0.3 is 0 Å². The molecule has 2 N–H and O–H groups in total. The van der Waals surface area contributed by atoms with E-state index in [1.807, 2.05) is 0 Å². The molecule has 1 aliphatic rings. The lowest BCUT2D eigenvalue weighted by atomic mass is 10.1. The highest BCUT2D eigenvalue weighted by Crippen LogP contribution is 2.34. The lowest BCUT2D eigenvalue weighted by Gasteiger charge is -2.26. The van der Waals surface area contributed by atoms with Gasteiger partial charge < -0.3 is 15.3 Å². The van der Waals surface area contributed by atoms with Gasteiger partial charge in [0.15, 0.2) is 0 Å². The van der Waals surface area contributed by atoms with Gasteiger partial charge in [0.1, 0.15) is 0 Å². The number of nitrogens with one attached hydrogen (secondary N) is 1. The minimum atomic E-state index is 0.256. The summed E-state index contributed by atoms with van der Waals surface area (Å²) in [6.07, 6.45) is 4.99. The molecule has 0 bridgehead atoms. The van der Waals surface area contributed by atoms with Crippen LogP contribution in [0.2, 0.25) is 0 Å². The van der Waals surface area contributed by atoms with Gasteiger partial charge in [0, 0.05) is 12.1 Å². The minimum Gasteiger partial charge on any atom is -0.395 e. The maximum absolute atomic E-state index is 9.24. The largest absolute Gasteiger partial charge is 0.395 e. The highest BCUT2D eigenvalue weighted by atomic mass is 16.3. The van der Waals surface area contributed by atoms with Crippen molar-refractivity contribution in [3.63, 3.8) is 0 Å². The summed E-state index contributed by atoms with van der Waals surface area (Å²) >= 11 is 0. The number of hydrogen-bond donors (Lipinski definition) is 2. The van der Waals surface area contributed by atoms with E-state index in [4.69, 9.17) is 0 Å². The predicted molar refractivity (Wildman–Crippen MR) is 68.6 cm³/mol. The molecule has 0 aromatic heterocycles. The Morgan fingerprint density at radius 2 is 2.12 bits per heavy atom. The fourth-order valence-electron chi connectivity index (χ4n) is 2.11. The molecule has 1 rings (SSSR count). The summed E-state index contributed by atoms with van der Waals surface area (Å²) < 4.78 is 0. The maximum Gasteiger partial charge on any atom is 0.0585 e. The zero-order chi connectivity index (χ0) is 12.0. The van der Waals surface area contributed by atoms with Gasteiger partial charge in [-0.3, -0.25) is 0 Å². The van der Waals surface area contributed by atoms with E-state index in [0.29, 0.717) is 6.04 Å². The van der Waals surface area contributed by atoms with Crippen LogP contribution >= 0.6 is 0 Å². The molecular formula is C13H28N2O. The van der Waals surface area contributed by atoms with Crippen LogP contribution in [0.1, 0.15) is 39.5 Å². The Bertz CT molecular complexity index is 183. The Kier molecular flexibility index (Phi) is 6.32. The van der Waals surface area contributed by atoms with E-state index in [2.05, 4.69) is 31.1 Å². The van der Waals surface area contributed by atoms with Crippen molar-refractivity contribution in [2.24, 2.45) is 5.92 Å². The molecule has 0 aromatic rings. The number of hydrogen-bond acceptors (Lipinski definition) is 3. The van der Waals surface area contributed by atoms with Crippen LogP contribution in [0.3, 0.4) is 0 Å². The Hall–Kier alpha value is -0.120. The van der Waals surface area contributed by atoms with Crippen molar-refractivity contribution in [2.45, 2.75) is 51.6 Å². The van der Waals surface area contributed by atoms with Gasteiger partial charge in [-0.1, -0.05) is 6.92 Å². The standard InChI is InChI=1S/C13H28N2O/c1-4-8-14-13(10-16)7-9-15(3)11(2)12-5-6-12/h11-14,16H,4-10H2,1-3H3. The summed E-state index contributed by atoms with van der Waals surface area (Å²) in [5.41, 5.74) is 0. The second-order valence-electron chi connectivity index (χ2n) is 5.18. The lowest BCUT2D eigenvalue weighted by molar-refractivity contribution is 0.191. The number of aliphatic hydroxyl groups excluding tert-OH is 1. The fourth-order valence-corrected chi connectivity index (χ4v) is 2.11. The van der Waals surface area contributed by atoms with E-state index in [1.54, 1.807) is 0 Å². The third kappa shape index (κ3) is 4.81. The highest BCUT2D eigenvalue weighted by molar-refractivity contribution is 4.84. The van der Waals surface area contributed by atoms with E-state index in [1.165, 1.54) is 12.8 Å². The Labute approximate surface area is 100 Å². The molecule has 0 aromatic carbocycles. The average Bonchev–Trinajstić information content (AvgIpc) is 3.12. The second-order valence-corrected chi connectivity index (χ2v) is 5.18. The maximum atomic E-state index is 9.24. The molecule has 1 fully saturated rings. The van der Waals surface area contributed by atoms with Crippen LogP contribution in [0.15, 0.2) is 0 Å². The molecule has 2 atom stereocenters. The summed E-state index contributed by atoms with van der Waals surface area (Å²) in [6.45, 7) is 6.83. The van der Waals surface area contributed by atoms with Crippen molar-refractivity contribution in [3.8, 4) is 0 Å². The molecular weight excluding hydrogens is 200 g/mol. The van der Waals surface area contributed by atoms with Crippen molar-refractivity contribution in [1.82, 2.24) is 10.2 Å². The van der Waals surface area contributed by atoms with E-state index in [-0.39, 0.29) is 12.6 Å². The molecule has 3 heteroatoms. The third-order valence-electron chi connectivity index (χ3n) is 3.73. The fraction of sp³-hybridized carbons (Fsp3) is 1.00. The van der Waals surface area contributed by atoms with Gasteiger partial charge in [0.05, 0.1) is 6.61 Å². The Balaban J connectivity index is 2.14. The van der Waals surface area contributed by atoms with E-state index in [0.717, 1.165) is 31.8 Å². The van der Waals surface area contributed by atoms with Gasteiger partial charge in [0.25, 0.3) is 0 Å². The minimum absolute atomic E-state index is 0.256. The van der Waals surface area contributed by atoms with Crippen LogP contribution < -0.4 is 5.32 Å². The first-order valence-electron chi connectivity index (χ1n) is 6.73. The van der Waals surface area contributed by atoms with Gasteiger partial charge in [-0.25, -0.2) is 0 Å². The molecule has 0 radical (unpaired) electrons. The molecule has 0 saturated heterocycles. The molecule has 2 unspecified atom stereocenters. The SMILES string of the molecule is CCCNC(CO)CCN(C)C(C)C1CC1. The van der Waals surface area contributed by atoms with Crippen molar-refractivity contribution in [3.05, 3.63) is 0 Å². The quantitative estimate of drug-likeness (QED) is 0.627. The predicted octanol–water partition coefficient (Wildman–Crippen LogP) is 1.47. The summed E-state index contributed by atoms with van der Waals surface area (Å²) in [6, 6.07) is 0.985. The number of nitrogens with zero attached hydrogens (tertiary/aromatic N) is 1. The number of aliphatic hydroxyl groups is 1. The normalized spacial score (nSPS) is 20.1. The molecule has 0 heterocycles.